The molecular weight excluding hydrogens is 240 g/mol. The molecule has 0 aromatic heterocycles. The van der Waals surface area contributed by atoms with E-state index in [-0.39, 0.29) is 24.2 Å². The van der Waals surface area contributed by atoms with Crippen molar-refractivity contribution in [3.8, 4) is 0 Å². The van der Waals surface area contributed by atoms with Crippen LogP contribution >= 0.6 is 11.6 Å². The minimum absolute atomic E-state index is 0.0875. The van der Waals surface area contributed by atoms with E-state index >= 15 is 0 Å². The van der Waals surface area contributed by atoms with Crippen molar-refractivity contribution in [1.82, 2.24) is 5.32 Å². The fraction of sp³-hybridized carbons (Fsp3) is 0.333. The highest BCUT2D eigenvalue weighted by molar-refractivity contribution is 6.31. The number of benzene rings is 1. The largest absolute Gasteiger partial charge is 0.346 e. The molecule has 2 aliphatic rings. The number of fused-ring (bicyclic) bond motifs is 3. The molecule has 2 amide bonds. The Labute approximate surface area is 103 Å². The first-order valence-electron chi connectivity index (χ1n) is 5.42. The molecule has 2 aliphatic heterocycles. The smallest absolute Gasteiger partial charge is 0.230 e. The maximum absolute atomic E-state index is 12.0. The summed E-state index contributed by atoms with van der Waals surface area (Å²) in [6.07, 6.45) is 0.240. The van der Waals surface area contributed by atoms with Crippen molar-refractivity contribution in [2.24, 2.45) is 5.92 Å². The third kappa shape index (κ3) is 1.37. The normalized spacial score (nSPS) is 30.4. The zero-order valence-corrected chi connectivity index (χ0v) is 9.97. The quantitative estimate of drug-likeness (QED) is 0.736. The molecule has 0 radical (unpaired) electrons. The first-order valence-corrected chi connectivity index (χ1v) is 5.80. The summed E-state index contributed by atoms with van der Waals surface area (Å²) < 4.78 is 0. The number of hydrogen-bond donors (Lipinski definition) is 2. The summed E-state index contributed by atoms with van der Waals surface area (Å²) in [7, 11) is 0. The molecule has 2 atom stereocenters. The van der Waals surface area contributed by atoms with Gasteiger partial charge < -0.3 is 10.6 Å². The Bertz CT molecular complexity index is 543. The highest BCUT2D eigenvalue weighted by Crippen LogP contribution is 2.44. The average Bonchev–Trinajstić information content (AvgIpc) is 2.54. The average molecular weight is 251 g/mol. The molecule has 0 bridgehead atoms. The summed E-state index contributed by atoms with van der Waals surface area (Å²) in [5, 5.41) is 6.26. The fourth-order valence-electron chi connectivity index (χ4n) is 2.72. The summed E-state index contributed by atoms with van der Waals surface area (Å²) in [4.78, 5) is 23.5. The number of anilines is 1. The maximum atomic E-state index is 12.0. The molecule has 3 rings (SSSR count). The number of carbonyl (C=O) groups excluding carboxylic acids is 2. The highest BCUT2D eigenvalue weighted by atomic mass is 35.5. The van der Waals surface area contributed by atoms with Crippen LogP contribution in [0, 0.1) is 5.92 Å². The van der Waals surface area contributed by atoms with Gasteiger partial charge in [0.2, 0.25) is 11.8 Å². The van der Waals surface area contributed by atoms with Crippen LogP contribution in [0.2, 0.25) is 5.02 Å². The van der Waals surface area contributed by atoms with Gasteiger partial charge in [-0.3, -0.25) is 9.59 Å². The Balaban J connectivity index is 2.20. The van der Waals surface area contributed by atoms with Crippen LogP contribution in [0.5, 0.6) is 0 Å². The van der Waals surface area contributed by atoms with Gasteiger partial charge in [-0.05, 0) is 19.1 Å². The van der Waals surface area contributed by atoms with Gasteiger partial charge in [-0.25, -0.2) is 0 Å². The van der Waals surface area contributed by atoms with Crippen molar-refractivity contribution in [3.63, 3.8) is 0 Å². The van der Waals surface area contributed by atoms with Crippen molar-refractivity contribution in [2.75, 3.05) is 5.32 Å². The van der Waals surface area contributed by atoms with E-state index in [1.165, 1.54) is 0 Å². The van der Waals surface area contributed by atoms with E-state index in [1.807, 2.05) is 13.0 Å². The molecule has 1 aromatic rings. The van der Waals surface area contributed by atoms with Gasteiger partial charge in [0, 0.05) is 22.7 Å². The second-order valence-corrected chi connectivity index (χ2v) is 5.12. The summed E-state index contributed by atoms with van der Waals surface area (Å²) in [6.45, 7) is 1.88. The summed E-state index contributed by atoms with van der Waals surface area (Å²) >= 11 is 5.90. The van der Waals surface area contributed by atoms with Crippen LogP contribution in [0.15, 0.2) is 18.2 Å². The van der Waals surface area contributed by atoms with Crippen LogP contribution in [0.1, 0.15) is 18.9 Å². The third-order valence-electron chi connectivity index (χ3n) is 3.60. The van der Waals surface area contributed by atoms with Crippen molar-refractivity contribution < 1.29 is 9.59 Å². The lowest BCUT2D eigenvalue weighted by Gasteiger charge is -2.36. The molecule has 1 saturated heterocycles. The van der Waals surface area contributed by atoms with E-state index in [2.05, 4.69) is 10.6 Å². The van der Waals surface area contributed by atoms with Crippen LogP contribution in [0.4, 0.5) is 5.69 Å². The van der Waals surface area contributed by atoms with Gasteiger partial charge in [0.15, 0.2) is 0 Å². The number of halogens is 1. The van der Waals surface area contributed by atoms with Crippen LogP contribution in [0.25, 0.3) is 0 Å². The van der Waals surface area contributed by atoms with Crippen molar-refractivity contribution in [3.05, 3.63) is 28.8 Å². The number of rotatable bonds is 0. The molecule has 0 unspecified atom stereocenters. The summed E-state index contributed by atoms with van der Waals surface area (Å²) in [5.74, 6) is -0.556. The lowest BCUT2D eigenvalue weighted by Crippen LogP contribution is -2.48. The SMILES string of the molecule is C[C@]12NC(=O)C[C@H]1C(=O)Nc1cc(Cl)ccc12. The summed E-state index contributed by atoms with van der Waals surface area (Å²) in [6, 6.07) is 5.33. The zero-order chi connectivity index (χ0) is 12.2. The Morgan fingerprint density at radius 2 is 2.18 bits per heavy atom. The molecule has 0 aliphatic carbocycles. The minimum atomic E-state index is -0.612. The van der Waals surface area contributed by atoms with Gasteiger partial charge >= 0.3 is 0 Å². The molecule has 88 valence electrons. The van der Waals surface area contributed by atoms with Crippen LogP contribution in [0.3, 0.4) is 0 Å². The Kier molecular flexibility index (Phi) is 2.01. The molecule has 0 saturated carbocycles. The lowest BCUT2D eigenvalue weighted by molar-refractivity contribution is -0.123. The van der Waals surface area contributed by atoms with Gasteiger partial charge in [-0.15, -0.1) is 0 Å². The van der Waals surface area contributed by atoms with Crippen LogP contribution in [-0.4, -0.2) is 11.8 Å². The standard InChI is InChI=1S/C12H11ClN2O2/c1-12-7-3-2-6(13)4-9(7)14-11(17)8(12)5-10(16)15-12/h2-4,8H,5H2,1H3,(H,14,17)(H,15,16)/t8-,12+/m0/s1. The highest BCUT2D eigenvalue weighted by Gasteiger charge is 2.51. The van der Waals surface area contributed by atoms with E-state index in [1.54, 1.807) is 12.1 Å². The fourth-order valence-corrected chi connectivity index (χ4v) is 2.89. The van der Waals surface area contributed by atoms with Gasteiger partial charge in [-0.2, -0.15) is 0 Å². The zero-order valence-electron chi connectivity index (χ0n) is 9.21. The first-order chi connectivity index (χ1) is 8.00. The Hall–Kier alpha value is -1.55. The molecule has 5 heteroatoms. The lowest BCUT2D eigenvalue weighted by atomic mass is 9.77. The number of hydrogen-bond acceptors (Lipinski definition) is 2. The molecule has 1 aromatic carbocycles. The Morgan fingerprint density at radius 1 is 1.41 bits per heavy atom. The van der Waals surface area contributed by atoms with E-state index in [0.717, 1.165) is 5.56 Å². The van der Waals surface area contributed by atoms with E-state index < -0.39 is 5.54 Å². The maximum Gasteiger partial charge on any atom is 0.230 e. The predicted octanol–water partition coefficient (Wildman–Crippen LogP) is 1.64. The minimum Gasteiger partial charge on any atom is -0.346 e. The number of nitrogens with one attached hydrogen (secondary N) is 2. The molecular formula is C12H11ClN2O2. The summed E-state index contributed by atoms with van der Waals surface area (Å²) in [5.41, 5.74) is 0.986. The second-order valence-electron chi connectivity index (χ2n) is 4.69. The van der Waals surface area contributed by atoms with Crippen LogP contribution < -0.4 is 10.6 Å². The topological polar surface area (TPSA) is 58.2 Å². The molecule has 0 spiro atoms. The van der Waals surface area contributed by atoms with Crippen molar-refractivity contribution >= 4 is 29.1 Å². The van der Waals surface area contributed by atoms with E-state index in [9.17, 15) is 9.59 Å². The van der Waals surface area contributed by atoms with Gasteiger partial charge in [0.05, 0.1) is 11.5 Å². The van der Waals surface area contributed by atoms with Crippen LogP contribution in [-0.2, 0) is 15.1 Å². The molecule has 1 fully saturated rings. The molecule has 2 N–H and O–H groups in total. The van der Waals surface area contributed by atoms with Crippen molar-refractivity contribution in [2.45, 2.75) is 18.9 Å². The molecule has 4 nitrogen and oxygen atoms in total. The van der Waals surface area contributed by atoms with Gasteiger partial charge in [0.25, 0.3) is 0 Å². The second kappa shape index (κ2) is 3.23. The predicted molar refractivity (Wildman–Crippen MR) is 63.7 cm³/mol. The third-order valence-corrected chi connectivity index (χ3v) is 3.84. The van der Waals surface area contributed by atoms with Crippen molar-refractivity contribution in [1.29, 1.82) is 0 Å². The van der Waals surface area contributed by atoms with E-state index in [4.69, 9.17) is 11.6 Å². The number of amides is 2. The number of carbonyl (C=O) groups is 2. The molecule has 2 heterocycles. The Morgan fingerprint density at radius 3 is 2.94 bits per heavy atom. The monoisotopic (exact) mass is 250 g/mol. The first kappa shape index (κ1) is 10.6. The van der Waals surface area contributed by atoms with Gasteiger partial charge in [-0.1, -0.05) is 17.7 Å². The van der Waals surface area contributed by atoms with Gasteiger partial charge in [0.1, 0.15) is 0 Å². The molecule has 17 heavy (non-hydrogen) atoms. The van der Waals surface area contributed by atoms with E-state index in [0.29, 0.717) is 10.7 Å².